The highest BCUT2D eigenvalue weighted by molar-refractivity contribution is 5.39. The average Bonchev–Trinajstić information content (AvgIpc) is 2.30. The van der Waals surface area contributed by atoms with E-state index in [1.165, 1.54) is 0 Å². The van der Waals surface area contributed by atoms with E-state index < -0.39 is 0 Å². The number of hydrogen-bond acceptors (Lipinski definition) is 3. The first kappa shape index (κ1) is 11.3. The van der Waals surface area contributed by atoms with Crippen molar-refractivity contribution in [1.29, 1.82) is 0 Å². The Morgan fingerprint density at radius 3 is 2.62 bits per heavy atom. The predicted molar refractivity (Wildman–Crippen MR) is 63.9 cm³/mol. The van der Waals surface area contributed by atoms with Crippen molar-refractivity contribution in [3.05, 3.63) is 24.3 Å². The van der Waals surface area contributed by atoms with Crippen molar-refractivity contribution < 1.29 is 9.47 Å². The minimum Gasteiger partial charge on any atom is -0.493 e. The van der Waals surface area contributed by atoms with Crippen LogP contribution >= 0.6 is 0 Å². The van der Waals surface area contributed by atoms with Crippen LogP contribution in [0.25, 0.3) is 0 Å². The number of hydrogen-bond donors (Lipinski definition) is 1. The van der Waals surface area contributed by atoms with E-state index in [2.05, 4.69) is 0 Å². The van der Waals surface area contributed by atoms with E-state index >= 15 is 0 Å². The number of para-hydroxylation sites is 2. The molecule has 0 aliphatic heterocycles. The highest BCUT2D eigenvalue weighted by Crippen LogP contribution is 2.30. The van der Waals surface area contributed by atoms with Gasteiger partial charge in [-0.1, -0.05) is 12.1 Å². The quantitative estimate of drug-likeness (QED) is 0.852. The first-order valence-corrected chi connectivity index (χ1v) is 5.85. The lowest BCUT2D eigenvalue weighted by atomic mass is 9.93. The lowest BCUT2D eigenvalue weighted by Gasteiger charge is -2.27. The Morgan fingerprint density at radius 1 is 1.19 bits per heavy atom. The maximum atomic E-state index is 5.94. The molecule has 2 N–H and O–H groups in total. The van der Waals surface area contributed by atoms with Crippen LogP contribution in [0.5, 0.6) is 11.5 Å². The molecule has 1 aromatic rings. The van der Waals surface area contributed by atoms with E-state index in [4.69, 9.17) is 15.2 Å². The van der Waals surface area contributed by atoms with Gasteiger partial charge in [-0.15, -0.1) is 0 Å². The molecule has 0 radical (unpaired) electrons. The predicted octanol–water partition coefficient (Wildman–Crippen LogP) is 2.34. The molecule has 0 amide bonds. The maximum absolute atomic E-state index is 5.94. The first-order valence-electron chi connectivity index (χ1n) is 5.85. The second-order valence-corrected chi connectivity index (χ2v) is 4.32. The van der Waals surface area contributed by atoms with Crippen molar-refractivity contribution >= 4 is 0 Å². The van der Waals surface area contributed by atoms with Gasteiger partial charge in [-0.2, -0.15) is 0 Å². The monoisotopic (exact) mass is 221 g/mol. The Labute approximate surface area is 96.5 Å². The van der Waals surface area contributed by atoms with Gasteiger partial charge in [0.2, 0.25) is 0 Å². The number of ether oxygens (including phenoxy) is 2. The minimum absolute atomic E-state index is 0.236. The maximum Gasteiger partial charge on any atom is 0.161 e. The molecule has 3 nitrogen and oxygen atoms in total. The summed E-state index contributed by atoms with van der Waals surface area (Å²) in [6.45, 7) is 0. The van der Waals surface area contributed by atoms with Gasteiger partial charge in [0.15, 0.2) is 11.5 Å². The smallest absolute Gasteiger partial charge is 0.161 e. The molecule has 0 bridgehead atoms. The summed E-state index contributed by atoms with van der Waals surface area (Å²) in [4.78, 5) is 0. The van der Waals surface area contributed by atoms with Crippen molar-refractivity contribution in [3.63, 3.8) is 0 Å². The third-order valence-corrected chi connectivity index (χ3v) is 3.03. The van der Waals surface area contributed by atoms with Gasteiger partial charge in [-0.3, -0.25) is 0 Å². The topological polar surface area (TPSA) is 44.5 Å². The average molecular weight is 221 g/mol. The number of rotatable bonds is 3. The van der Waals surface area contributed by atoms with E-state index in [0.717, 1.165) is 37.2 Å². The number of nitrogens with two attached hydrogens (primary N) is 1. The van der Waals surface area contributed by atoms with E-state index in [-0.39, 0.29) is 12.1 Å². The standard InChI is InChI=1S/C13H19NO2/c1-15-12-7-2-3-8-13(12)16-11-6-4-5-10(14)9-11/h2-3,7-8,10-11H,4-6,9,14H2,1H3. The molecular weight excluding hydrogens is 202 g/mol. The molecule has 0 spiro atoms. The largest absolute Gasteiger partial charge is 0.493 e. The van der Waals surface area contributed by atoms with Crippen LogP contribution in [-0.4, -0.2) is 19.3 Å². The fourth-order valence-corrected chi connectivity index (χ4v) is 2.18. The second kappa shape index (κ2) is 5.21. The first-order chi connectivity index (χ1) is 7.79. The van der Waals surface area contributed by atoms with E-state index in [1.807, 2.05) is 24.3 Å². The Kier molecular flexibility index (Phi) is 3.67. The lowest BCUT2D eigenvalue weighted by Crippen LogP contribution is -2.33. The molecule has 2 rings (SSSR count). The van der Waals surface area contributed by atoms with Crippen LogP contribution < -0.4 is 15.2 Å². The summed E-state index contributed by atoms with van der Waals surface area (Å²) in [5.74, 6) is 1.62. The summed E-state index contributed by atoms with van der Waals surface area (Å²) in [6, 6.07) is 8.05. The van der Waals surface area contributed by atoms with E-state index in [0.29, 0.717) is 0 Å². The Bertz CT molecular complexity index is 340. The molecule has 0 saturated heterocycles. The summed E-state index contributed by atoms with van der Waals surface area (Å²) >= 11 is 0. The second-order valence-electron chi connectivity index (χ2n) is 4.32. The summed E-state index contributed by atoms with van der Waals surface area (Å²) in [7, 11) is 1.66. The third kappa shape index (κ3) is 2.67. The molecule has 1 fully saturated rings. The molecule has 1 aliphatic carbocycles. The van der Waals surface area contributed by atoms with Crippen LogP contribution in [0, 0.1) is 0 Å². The van der Waals surface area contributed by atoms with Crippen LogP contribution in [0.3, 0.4) is 0 Å². The fraction of sp³-hybridized carbons (Fsp3) is 0.538. The van der Waals surface area contributed by atoms with Gasteiger partial charge in [0.1, 0.15) is 6.10 Å². The van der Waals surface area contributed by atoms with Gasteiger partial charge in [0.05, 0.1) is 7.11 Å². The van der Waals surface area contributed by atoms with Crippen molar-refractivity contribution in [2.24, 2.45) is 5.73 Å². The molecule has 16 heavy (non-hydrogen) atoms. The van der Waals surface area contributed by atoms with Crippen LogP contribution in [0.4, 0.5) is 0 Å². The molecule has 0 heterocycles. The van der Waals surface area contributed by atoms with Gasteiger partial charge in [0.25, 0.3) is 0 Å². The summed E-state index contributed by atoms with van der Waals surface area (Å²) in [6.07, 6.45) is 4.54. The van der Waals surface area contributed by atoms with Gasteiger partial charge >= 0.3 is 0 Å². The van der Waals surface area contributed by atoms with Crippen molar-refractivity contribution in [3.8, 4) is 11.5 Å². The summed E-state index contributed by atoms with van der Waals surface area (Å²) < 4.78 is 11.2. The van der Waals surface area contributed by atoms with Gasteiger partial charge in [-0.05, 0) is 37.8 Å². The fourth-order valence-electron chi connectivity index (χ4n) is 2.18. The molecule has 88 valence electrons. The highest BCUT2D eigenvalue weighted by atomic mass is 16.5. The molecule has 3 heteroatoms. The van der Waals surface area contributed by atoms with Crippen LogP contribution in [0.1, 0.15) is 25.7 Å². The van der Waals surface area contributed by atoms with Gasteiger partial charge in [0, 0.05) is 6.04 Å². The summed E-state index contributed by atoms with van der Waals surface area (Å²) in [5, 5.41) is 0. The minimum atomic E-state index is 0.236. The lowest BCUT2D eigenvalue weighted by molar-refractivity contribution is 0.139. The molecule has 1 aliphatic rings. The molecule has 2 unspecified atom stereocenters. The van der Waals surface area contributed by atoms with Crippen molar-refractivity contribution in [1.82, 2.24) is 0 Å². The molecule has 0 aromatic heterocycles. The molecule has 2 atom stereocenters. The molecule has 1 saturated carbocycles. The van der Waals surface area contributed by atoms with E-state index in [1.54, 1.807) is 7.11 Å². The van der Waals surface area contributed by atoms with Gasteiger partial charge < -0.3 is 15.2 Å². The number of methoxy groups -OCH3 is 1. The molecular formula is C13H19NO2. The summed E-state index contributed by atoms with van der Waals surface area (Å²) in [5.41, 5.74) is 5.94. The SMILES string of the molecule is COc1ccccc1OC1CCCC(N)C1. The Balaban J connectivity index is 2.02. The van der Waals surface area contributed by atoms with Crippen molar-refractivity contribution in [2.45, 2.75) is 37.8 Å². The Hall–Kier alpha value is -1.22. The van der Waals surface area contributed by atoms with E-state index in [9.17, 15) is 0 Å². The normalized spacial score (nSPS) is 25.1. The van der Waals surface area contributed by atoms with Crippen molar-refractivity contribution in [2.75, 3.05) is 7.11 Å². The van der Waals surface area contributed by atoms with Crippen LogP contribution in [0.2, 0.25) is 0 Å². The van der Waals surface area contributed by atoms with Crippen LogP contribution in [0.15, 0.2) is 24.3 Å². The van der Waals surface area contributed by atoms with Gasteiger partial charge in [-0.25, -0.2) is 0 Å². The van der Waals surface area contributed by atoms with Crippen LogP contribution in [-0.2, 0) is 0 Å². The zero-order chi connectivity index (χ0) is 11.4. The molecule has 1 aromatic carbocycles. The number of benzene rings is 1. The highest BCUT2D eigenvalue weighted by Gasteiger charge is 2.21. The third-order valence-electron chi connectivity index (χ3n) is 3.03. The zero-order valence-electron chi connectivity index (χ0n) is 9.69. The zero-order valence-corrected chi connectivity index (χ0v) is 9.69. The Morgan fingerprint density at radius 2 is 1.94 bits per heavy atom.